The van der Waals surface area contributed by atoms with Gasteiger partial charge in [0.15, 0.2) is 6.29 Å². The van der Waals surface area contributed by atoms with Crippen molar-refractivity contribution >= 4 is 63.5 Å². The van der Waals surface area contributed by atoms with Gasteiger partial charge in [-0.2, -0.15) is 0 Å². The predicted octanol–water partition coefficient (Wildman–Crippen LogP) is 5.86. The van der Waals surface area contributed by atoms with Crippen LogP contribution in [-0.2, 0) is 9.59 Å². The maximum atomic E-state index is 13.5. The van der Waals surface area contributed by atoms with Gasteiger partial charge in [-0.3, -0.25) is 9.59 Å². The van der Waals surface area contributed by atoms with Crippen molar-refractivity contribution in [3.05, 3.63) is 47.5 Å². The number of fused-ring (bicyclic) bond motifs is 1. The monoisotopic (exact) mass is 555 g/mol. The molecule has 12 heteroatoms. The summed E-state index contributed by atoms with van der Waals surface area (Å²) in [6.07, 6.45) is 2.13. The summed E-state index contributed by atoms with van der Waals surface area (Å²) in [6, 6.07) is 7.51. The third-order valence-electron chi connectivity index (χ3n) is 4.95. The number of carbonyl (C=O) groups is 2. The normalized spacial score (nSPS) is 12.4. The zero-order valence-corrected chi connectivity index (χ0v) is 22.3. The molecule has 2 aromatic carbocycles. The lowest BCUT2D eigenvalue weighted by Crippen LogP contribution is -2.39. The first kappa shape index (κ1) is 30.1. The van der Waals surface area contributed by atoms with Crippen LogP contribution >= 0.6 is 23.2 Å². The molecule has 1 unspecified atom stereocenters. The molecule has 8 nitrogen and oxygen atoms in total. The zero-order valence-electron chi connectivity index (χ0n) is 20.8. The molecule has 0 spiro atoms. The molecule has 3 N–H and O–H groups in total. The number of carbonyl (C=O) groups excluding carboxylic acids is 2. The summed E-state index contributed by atoms with van der Waals surface area (Å²) in [4.78, 5) is 30.5. The van der Waals surface area contributed by atoms with Gasteiger partial charge in [-0.15, -0.1) is 0 Å². The second-order valence-corrected chi connectivity index (χ2v) is 9.03. The largest absolute Gasteiger partial charge is 0.492 e. The van der Waals surface area contributed by atoms with Crippen LogP contribution in [0.15, 0.2) is 36.7 Å². The number of aldehydes is 1. The van der Waals surface area contributed by atoms with E-state index in [-0.39, 0.29) is 23.3 Å². The summed E-state index contributed by atoms with van der Waals surface area (Å²) >= 11 is 10.3. The first-order valence-corrected chi connectivity index (χ1v) is 12.3. The molecule has 0 aliphatic heterocycles. The van der Waals surface area contributed by atoms with E-state index < -0.39 is 11.4 Å². The third-order valence-corrected chi connectivity index (χ3v) is 5.34. The highest BCUT2D eigenvalue weighted by Gasteiger charge is 2.20. The van der Waals surface area contributed by atoms with Crippen LogP contribution in [0.5, 0.6) is 5.75 Å². The van der Waals surface area contributed by atoms with Gasteiger partial charge in [0.05, 0.1) is 28.9 Å². The number of aromatic nitrogens is 2. The number of rotatable bonds is 10. The second kappa shape index (κ2) is 14.6. The quantitative estimate of drug-likeness (QED) is 0.212. The molecule has 0 saturated heterocycles. The SMILES string of the molecule is CCOc1cc2ncnc(Nc3ccc(F)c(Cl)c3)c2cc1NC(=O)[C@@H](CC(C)C)NC.O=CC(F)Cl. The number of alkyl halides is 2. The maximum absolute atomic E-state index is 13.5. The fourth-order valence-corrected chi connectivity index (χ4v) is 3.49. The number of hydrogen-bond donors (Lipinski definition) is 3. The lowest BCUT2D eigenvalue weighted by atomic mass is 10.0. The van der Waals surface area contributed by atoms with Crippen molar-refractivity contribution in [2.45, 2.75) is 38.9 Å². The molecule has 37 heavy (non-hydrogen) atoms. The van der Waals surface area contributed by atoms with Crippen molar-refractivity contribution in [2.24, 2.45) is 5.92 Å². The Morgan fingerprint density at radius 1 is 1.22 bits per heavy atom. The Morgan fingerprint density at radius 3 is 2.49 bits per heavy atom. The average molecular weight is 556 g/mol. The van der Waals surface area contributed by atoms with Crippen molar-refractivity contribution in [1.82, 2.24) is 15.3 Å². The van der Waals surface area contributed by atoms with E-state index in [0.29, 0.717) is 52.8 Å². The summed E-state index contributed by atoms with van der Waals surface area (Å²) in [5, 5.41) is 9.84. The van der Waals surface area contributed by atoms with E-state index in [1.807, 2.05) is 6.92 Å². The number of ether oxygens (including phenoxy) is 1. The van der Waals surface area contributed by atoms with E-state index >= 15 is 0 Å². The van der Waals surface area contributed by atoms with Crippen LogP contribution in [0, 0.1) is 11.7 Å². The van der Waals surface area contributed by atoms with Crippen LogP contribution in [0.2, 0.25) is 5.02 Å². The molecule has 1 amide bonds. The smallest absolute Gasteiger partial charge is 0.241 e. The molecule has 0 bridgehead atoms. The van der Waals surface area contributed by atoms with Gasteiger partial charge in [-0.1, -0.05) is 37.0 Å². The number of nitrogens with zero attached hydrogens (tertiary/aromatic N) is 2. The van der Waals surface area contributed by atoms with Gasteiger partial charge < -0.3 is 20.7 Å². The highest BCUT2D eigenvalue weighted by atomic mass is 35.5. The lowest BCUT2D eigenvalue weighted by Gasteiger charge is -2.20. The molecule has 0 aliphatic rings. The van der Waals surface area contributed by atoms with Crippen molar-refractivity contribution in [1.29, 1.82) is 0 Å². The van der Waals surface area contributed by atoms with Gasteiger partial charge in [0, 0.05) is 17.1 Å². The van der Waals surface area contributed by atoms with Gasteiger partial charge in [0.2, 0.25) is 11.5 Å². The number of benzene rings is 2. The van der Waals surface area contributed by atoms with E-state index in [9.17, 15) is 13.6 Å². The number of halogens is 4. The van der Waals surface area contributed by atoms with Crippen LogP contribution in [0.1, 0.15) is 27.2 Å². The van der Waals surface area contributed by atoms with E-state index in [0.717, 1.165) is 0 Å². The fraction of sp³-hybridized carbons (Fsp3) is 0.360. The van der Waals surface area contributed by atoms with Gasteiger partial charge >= 0.3 is 0 Å². The molecule has 3 rings (SSSR count). The van der Waals surface area contributed by atoms with Crippen LogP contribution in [0.4, 0.5) is 26.0 Å². The van der Waals surface area contributed by atoms with E-state index in [1.54, 1.807) is 25.2 Å². The molecule has 0 radical (unpaired) electrons. The molecule has 200 valence electrons. The first-order valence-electron chi connectivity index (χ1n) is 11.4. The molecular formula is C25H29Cl2F2N5O3. The molecular weight excluding hydrogens is 527 g/mol. The van der Waals surface area contributed by atoms with Crippen molar-refractivity contribution in [3.8, 4) is 5.75 Å². The maximum Gasteiger partial charge on any atom is 0.241 e. The van der Waals surface area contributed by atoms with Gasteiger partial charge in [-0.25, -0.2) is 18.7 Å². The minimum absolute atomic E-state index is 0.00297. The minimum atomic E-state index is -1.82. The van der Waals surface area contributed by atoms with Crippen LogP contribution in [0.3, 0.4) is 0 Å². The molecule has 3 aromatic rings. The Balaban J connectivity index is 0.000000877. The summed E-state index contributed by atoms with van der Waals surface area (Å²) in [5.74, 6) is 0.702. The minimum Gasteiger partial charge on any atom is -0.492 e. The van der Waals surface area contributed by atoms with Crippen LogP contribution in [0.25, 0.3) is 10.9 Å². The van der Waals surface area contributed by atoms with Crippen molar-refractivity contribution in [2.75, 3.05) is 24.3 Å². The Kier molecular flexibility index (Phi) is 11.9. The fourth-order valence-electron chi connectivity index (χ4n) is 3.31. The highest BCUT2D eigenvalue weighted by molar-refractivity contribution is 6.31. The Labute approximate surface area is 224 Å². The topological polar surface area (TPSA) is 105 Å². The summed E-state index contributed by atoms with van der Waals surface area (Å²) in [7, 11) is 1.76. The zero-order chi connectivity index (χ0) is 27.5. The van der Waals surface area contributed by atoms with Crippen LogP contribution < -0.4 is 20.7 Å². The average Bonchev–Trinajstić information content (AvgIpc) is 2.85. The number of anilines is 3. The second-order valence-electron chi connectivity index (χ2n) is 8.21. The number of likely N-dealkylation sites (N-methyl/N-ethyl adjacent to an activating group) is 1. The number of nitrogens with one attached hydrogen (secondary N) is 3. The number of amides is 1. The summed E-state index contributed by atoms with van der Waals surface area (Å²) in [6.45, 7) is 6.43. The molecule has 2 atom stereocenters. The van der Waals surface area contributed by atoms with E-state index in [2.05, 4.69) is 51.4 Å². The molecule has 0 saturated carbocycles. The highest BCUT2D eigenvalue weighted by Crippen LogP contribution is 2.34. The number of hydrogen-bond acceptors (Lipinski definition) is 7. The molecule has 1 aromatic heterocycles. The van der Waals surface area contributed by atoms with Gasteiger partial charge in [-0.05, 0) is 50.6 Å². The molecule has 0 aliphatic carbocycles. The van der Waals surface area contributed by atoms with E-state index in [1.165, 1.54) is 18.5 Å². The van der Waals surface area contributed by atoms with Crippen LogP contribution in [-0.4, -0.2) is 47.5 Å². The predicted molar refractivity (Wildman–Crippen MR) is 143 cm³/mol. The summed E-state index contributed by atoms with van der Waals surface area (Å²) < 4.78 is 30.1. The standard InChI is InChI=1S/C23H27ClFN5O2.C2H2ClFO/c1-5-32-21-11-18-15(10-19(21)30-23(31)20(26-4)8-13(2)3)22(28-12-27-18)29-14-6-7-17(25)16(24)9-14;3-2(4)1-5/h6-7,9-13,20,26H,5,8H2,1-4H3,(H,30,31)(H,27,28,29);1-2H/t20-;/m1./s1. The molecule has 1 heterocycles. The summed E-state index contributed by atoms with van der Waals surface area (Å²) in [5.41, 5.74) is -0.106. The van der Waals surface area contributed by atoms with Crippen molar-refractivity contribution < 1.29 is 23.1 Å². The van der Waals surface area contributed by atoms with Gasteiger partial charge in [0.1, 0.15) is 23.7 Å². The molecule has 0 fully saturated rings. The van der Waals surface area contributed by atoms with Gasteiger partial charge in [0.25, 0.3) is 0 Å². The Hall–Kier alpha value is -3.08. The lowest BCUT2D eigenvalue weighted by molar-refractivity contribution is -0.118. The third kappa shape index (κ3) is 9.07. The Morgan fingerprint density at radius 2 is 1.92 bits per heavy atom. The van der Waals surface area contributed by atoms with Crippen molar-refractivity contribution in [3.63, 3.8) is 0 Å². The Bertz CT molecular complexity index is 1210. The van der Waals surface area contributed by atoms with E-state index in [4.69, 9.17) is 21.1 Å². The first-order chi connectivity index (χ1) is 17.6.